The Morgan fingerprint density at radius 2 is 1.83 bits per heavy atom. The Balaban J connectivity index is 1.67. The van der Waals surface area contributed by atoms with E-state index < -0.39 is 24.1 Å². The Hall–Kier alpha value is -3.32. The van der Waals surface area contributed by atoms with E-state index >= 15 is 0 Å². The van der Waals surface area contributed by atoms with Crippen molar-refractivity contribution in [2.45, 2.75) is 12.0 Å². The molecular formula is C23H25NO6. The molecule has 1 heterocycles. The highest BCUT2D eigenvalue weighted by Gasteiger charge is 2.44. The van der Waals surface area contributed by atoms with Gasteiger partial charge in [-0.3, -0.25) is 0 Å². The SMILES string of the molecule is COc1ccc(/C=C2\CC(CO)(COC(=O)c3ccc(N(C)C)cc3)OC2=O)cc1. The molecule has 3 rings (SSSR count). The summed E-state index contributed by atoms with van der Waals surface area (Å²) < 4.78 is 15.9. The van der Waals surface area contributed by atoms with Gasteiger partial charge in [0.15, 0.2) is 5.60 Å². The summed E-state index contributed by atoms with van der Waals surface area (Å²) in [4.78, 5) is 26.6. The molecular weight excluding hydrogens is 386 g/mol. The minimum absolute atomic E-state index is 0.140. The van der Waals surface area contributed by atoms with Crippen LogP contribution in [-0.4, -0.2) is 57.1 Å². The number of aliphatic hydroxyl groups is 1. The molecule has 1 unspecified atom stereocenters. The first-order valence-corrected chi connectivity index (χ1v) is 9.49. The quantitative estimate of drug-likeness (QED) is 0.554. The molecule has 0 aromatic heterocycles. The molecule has 0 bridgehead atoms. The lowest BCUT2D eigenvalue weighted by molar-refractivity contribution is -0.154. The van der Waals surface area contributed by atoms with E-state index in [1.807, 2.05) is 43.3 Å². The molecule has 7 nitrogen and oxygen atoms in total. The van der Waals surface area contributed by atoms with Crippen molar-refractivity contribution in [1.82, 2.24) is 0 Å². The first-order chi connectivity index (χ1) is 14.4. The van der Waals surface area contributed by atoms with E-state index in [1.54, 1.807) is 37.5 Å². The summed E-state index contributed by atoms with van der Waals surface area (Å²) in [5.41, 5.74) is 1.26. The van der Waals surface area contributed by atoms with Crippen LogP contribution in [0.2, 0.25) is 0 Å². The van der Waals surface area contributed by atoms with Crippen LogP contribution in [0.3, 0.4) is 0 Å². The highest BCUT2D eigenvalue weighted by Crippen LogP contribution is 2.32. The lowest BCUT2D eigenvalue weighted by Crippen LogP contribution is -2.39. The summed E-state index contributed by atoms with van der Waals surface area (Å²) in [6, 6.07) is 14.2. The number of methoxy groups -OCH3 is 1. The third kappa shape index (κ3) is 4.80. The lowest BCUT2D eigenvalue weighted by Gasteiger charge is -2.24. The third-order valence-electron chi connectivity index (χ3n) is 4.91. The number of benzene rings is 2. The minimum atomic E-state index is -1.28. The summed E-state index contributed by atoms with van der Waals surface area (Å²) in [6.07, 6.45) is 1.84. The molecule has 0 spiro atoms. The Labute approximate surface area is 175 Å². The first kappa shape index (κ1) is 21.4. The number of hydrogen-bond acceptors (Lipinski definition) is 7. The van der Waals surface area contributed by atoms with Crippen LogP contribution >= 0.6 is 0 Å². The number of carbonyl (C=O) groups excluding carboxylic acids is 2. The fourth-order valence-corrected chi connectivity index (χ4v) is 3.12. The Morgan fingerprint density at radius 3 is 2.40 bits per heavy atom. The molecule has 1 aliphatic rings. The fraction of sp³-hybridized carbons (Fsp3) is 0.304. The normalized spacial score (nSPS) is 19.5. The van der Waals surface area contributed by atoms with Crippen molar-refractivity contribution < 1.29 is 28.9 Å². The summed E-state index contributed by atoms with van der Waals surface area (Å²) >= 11 is 0. The van der Waals surface area contributed by atoms with Crippen molar-refractivity contribution >= 4 is 23.7 Å². The molecule has 1 saturated heterocycles. The number of cyclic esters (lactones) is 1. The van der Waals surface area contributed by atoms with E-state index in [-0.39, 0.29) is 13.0 Å². The van der Waals surface area contributed by atoms with Crippen molar-refractivity contribution in [1.29, 1.82) is 0 Å². The molecule has 1 atom stereocenters. The molecule has 158 valence electrons. The van der Waals surface area contributed by atoms with Crippen molar-refractivity contribution in [3.8, 4) is 5.75 Å². The maximum Gasteiger partial charge on any atom is 0.338 e. The van der Waals surface area contributed by atoms with E-state index in [0.717, 1.165) is 11.3 Å². The zero-order chi connectivity index (χ0) is 21.7. The van der Waals surface area contributed by atoms with Gasteiger partial charge in [0.05, 0.1) is 19.3 Å². The lowest BCUT2D eigenvalue weighted by atomic mass is 9.98. The maximum absolute atomic E-state index is 12.4. The van der Waals surface area contributed by atoms with Crippen molar-refractivity contribution in [2.75, 3.05) is 39.3 Å². The van der Waals surface area contributed by atoms with E-state index in [9.17, 15) is 14.7 Å². The van der Waals surface area contributed by atoms with E-state index in [2.05, 4.69) is 0 Å². The smallest absolute Gasteiger partial charge is 0.338 e. The summed E-state index contributed by atoms with van der Waals surface area (Å²) in [5, 5.41) is 9.85. The Bertz CT molecular complexity index is 933. The second-order valence-electron chi connectivity index (χ2n) is 7.37. The van der Waals surface area contributed by atoms with E-state index in [4.69, 9.17) is 14.2 Å². The minimum Gasteiger partial charge on any atom is -0.497 e. The summed E-state index contributed by atoms with van der Waals surface area (Å²) in [6.45, 7) is -0.686. The van der Waals surface area contributed by atoms with Gasteiger partial charge in [0.1, 0.15) is 12.4 Å². The second kappa shape index (κ2) is 9.00. The van der Waals surface area contributed by atoms with Crippen LogP contribution in [0.25, 0.3) is 6.08 Å². The van der Waals surface area contributed by atoms with Crippen LogP contribution < -0.4 is 9.64 Å². The van der Waals surface area contributed by atoms with Gasteiger partial charge in [0, 0.05) is 31.8 Å². The number of rotatable bonds is 7. The zero-order valence-electron chi connectivity index (χ0n) is 17.3. The van der Waals surface area contributed by atoms with E-state index in [0.29, 0.717) is 16.9 Å². The summed E-state index contributed by atoms with van der Waals surface area (Å²) in [5.74, 6) is -0.371. The van der Waals surface area contributed by atoms with Gasteiger partial charge in [-0.2, -0.15) is 0 Å². The van der Waals surface area contributed by atoms with Crippen LogP contribution in [0.4, 0.5) is 5.69 Å². The molecule has 1 fully saturated rings. The van der Waals surface area contributed by atoms with Gasteiger partial charge in [0.25, 0.3) is 0 Å². The molecule has 30 heavy (non-hydrogen) atoms. The van der Waals surface area contributed by atoms with Gasteiger partial charge >= 0.3 is 11.9 Å². The predicted octanol–water partition coefficient (Wildman–Crippen LogP) is 2.68. The fourth-order valence-electron chi connectivity index (χ4n) is 3.12. The number of hydrogen-bond donors (Lipinski definition) is 1. The molecule has 7 heteroatoms. The van der Waals surface area contributed by atoms with Crippen LogP contribution in [-0.2, 0) is 14.3 Å². The summed E-state index contributed by atoms with van der Waals surface area (Å²) in [7, 11) is 5.39. The average Bonchev–Trinajstić information content (AvgIpc) is 3.08. The third-order valence-corrected chi connectivity index (χ3v) is 4.91. The molecule has 1 aliphatic heterocycles. The first-order valence-electron chi connectivity index (χ1n) is 9.49. The highest BCUT2D eigenvalue weighted by atomic mass is 16.6. The van der Waals surface area contributed by atoms with Crippen LogP contribution in [0.1, 0.15) is 22.3 Å². The largest absolute Gasteiger partial charge is 0.497 e. The molecule has 0 amide bonds. The van der Waals surface area contributed by atoms with Gasteiger partial charge in [0.2, 0.25) is 0 Å². The molecule has 2 aromatic rings. The topological polar surface area (TPSA) is 85.3 Å². The Morgan fingerprint density at radius 1 is 1.17 bits per heavy atom. The number of esters is 2. The molecule has 0 saturated carbocycles. The molecule has 0 radical (unpaired) electrons. The van der Waals surface area contributed by atoms with Gasteiger partial charge in [-0.1, -0.05) is 12.1 Å². The predicted molar refractivity (Wildman–Crippen MR) is 113 cm³/mol. The Kier molecular flexibility index (Phi) is 6.42. The number of ether oxygens (including phenoxy) is 3. The maximum atomic E-state index is 12.4. The zero-order valence-corrected chi connectivity index (χ0v) is 17.3. The molecule has 0 aliphatic carbocycles. The standard InChI is InChI=1S/C23H25NO6/c1-24(2)19-8-6-17(7-9-19)21(26)29-15-23(14-25)13-18(22(27)30-23)12-16-4-10-20(28-3)11-5-16/h4-12,25H,13-15H2,1-3H3/b18-12+. The van der Waals surface area contributed by atoms with Gasteiger partial charge in [-0.05, 0) is 48.0 Å². The van der Waals surface area contributed by atoms with Crippen molar-refractivity contribution in [3.05, 3.63) is 65.2 Å². The van der Waals surface area contributed by atoms with Crippen LogP contribution in [0.5, 0.6) is 5.75 Å². The monoisotopic (exact) mass is 411 g/mol. The van der Waals surface area contributed by atoms with Gasteiger partial charge < -0.3 is 24.2 Å². The van der Waals surface area contributed by atoms with Gasteiger partial charge in [-0.25, -0.2) is 9.59 Å². The highest BCUT2D eigenvalue weighted by molar-refractivity contribution is 5.96. The average molecular weight is 411 g/mol. The van der Waals surface area contributed by atoms with E-state index in [1.165, 1.54) is 0 Å². The number of nitrogens with zero attached hydrogens (tertiary/aromatic N) is 1. The molecule has 2 aromatic carbocycles. The van der Waals surface area contributed by atoms with Crippen LogP contribution in [0.15, 0.2) is 54.1 Å². The van der Waals surface area contributed by atoms with Crippen molar-refractivity contribution in [3.63, 3.8) is 0 Å². The second-order valence-corrected chi connectivity index (χ2v) is 7.37. The molecule has 1 N–H and O–H groups in total. The number of carbonyl (C=O) groups is 2. The van der Waals surface area contributed by atoms with Gasteiger partial charge in [-0.15, -0.1) is 0 Å². The number of anilines is 1. The number of aliphatic hydroxyl groups excluding tert-OH is 1. The van der Waals surface area contributed by atoms with Crippen molar-refractivity contribution in [2.24, 2.45) is 0 Å². The van der Waals surface area contributed by atoms with Crippen LogP contribution in [0, 0.1) is 0 Å².